The molecule has 3 heteroatoms. The Bertz CT molecular complexity index is 296. The van der Waals surface area contributed by atoms with Crippen molar-refractivity contribution in [3.8, 4) is 0 Å². The number of unbranched alkanes of at least 4 members (excludes halogenated alkanes) is 6. The fourth-order valence-electron chi connectivity index (χ4n) is 1.92. The molecule has 0 aromatic carbocycles. The van der Waals surface area contributed by atoms with Gasteiger partial charge in [-0.25, -0.2) is 0 Å². The van der Waals surface area contributed by atoms with Gasteiger partial charge in [-0.3, -0.25) is 0 Å². The molecule has 1 unspecified atom stereocenters. The molecule has 17 heavy (non-hydrogen) atoms. The van der Waals surface area contributed by atoms with Crippen molar-refractivity contribution in [3.63, 3.8) is 0 Å². The topological polar surface area (TPSA) is 0 Å². The summed E-state index contributed by atoms with van der Waals surface area (Å²) in [7, 11) is 0. The fraction of sp³-hybridized carbons (Fsp3) is 0.714. The Kier molecular flexibility index (Phi) is 8.34. The predicted octanol–water partition coefficient (Wildman–Crippen LogP) is 6.82. The number of alkyl halides is 1. The molecule has 0 fully saturated rings. The molecular weight excluding hydrogens is 271 g/mol. The lowest BCUT2D eigenvalue weighted by Crippen LogP contribution is -1.87. The van der Waals surface area contributed by atoms with E-state index in [4.69, 9.17) is 23.2 Å². The average Bonchev–Trinajstić information content (AvgIpc) is 2.74. The second-order valence-corrected chi connectivity index (χ2v) is 6.79. The van der Waals surface area contributed by atoms with E-state index in [-0.39, 0.29) is 5.38 Å². The summed E-state index contributed by atoms with van der Waals surface area (Å²) in [5.74, 6) is 0. The summed E-state index contributed by atoms with van der Waals surface area (Å²) in [4.78, 5) is 1.21. The van der Waals surface area contributed by atoms with Crippen LogP contribution in [0.1, 0.15) is 68.5 Å². The summed E-state index contributed by atoms with van der Waals surface area (Å²) >= 11 is 13.8. The van der Waals surface area contributed by atoms with E-state index in [1.807, 2.05) is 12.1 Å². The van der Waals surface area contributed by atoms with Gasteiger partial charge in [0.25, 0.3) is 0 Å². The van der Waals surface area contributed by atoms with E-state index in [9.17, 15) is 0 Å². The van der Waals surface area contributed by atoms with Crippen LogP contribution in [0.15, 0.2) is 12.1 Å². The lowest BCUT2D eigenvalue weighted by molar-refractivity contribution is 0.573. The number of halogens is 2. The maximum absolute atomic E-state index is 6.33. The lowest BCUT2D eigenvalue weighted by Gasteiger charge is -2.06. The molecule has 1 aromatic rings. The molecular formula is C14H22Cl2S. The molecule has 0 aliphatic carbocycles. The molecule has 0 N–H and O–H groups in total. The number of thiophene rings is 1. The minimum atomic E-state index is 0.156. The standard InChI is InChI=1S/C14H22Cl2S/c1-2-3-4-5-6-7-8-9-12(15)13-10-11-14(16)17-13/h10-12H,2-9H2,1H3. The van der Waals surface area contributed by atoms with Gasteiger partial charge < -0.3 is 0 Å². The highest BCUT2D eigenvalue weighted by atomic mass is 35.5. The van der Waals surface area contributed by atoms with Crippen molar-refractivity contribution in [1.82, 2.24) is 0 Å². The van der Waals surface area contributed by atoms with Crippen LogP contribution < -0.4 is 0 Å². The molecule has 0 amide bonds. The molecule has 0 saturated heterocycles. The largest absolute Gasteiger partial charge is 0.127 e. The predicted molar refractivity (Wildman–Crippen MR) is 80.5 cm³/mol. The highest BCUT2D eigenvalue weighted by Gasteiger charge is 2.09. The highest BCUT2D eigenvalue weighted by molar-refractivity contribution is 7.16. The fourth-order valence-corrected chi connectivity index (χ4v) is 3.35. The Morgan fingerprint density at radius 1 is 1.06 bits per heavy atom. The molecule has 0 aliphatic heterocycles. The van der Waals surface area contributed by atoms with Crippen molar-refractivity contribution in [1.29, 1.82) is 0 Å². The first kappa shape index (κ1) is 15.3. The van der Waals surface area contributed by atoms with E-state index in [1.54, 1.807) is 11.3 Å². The van der Waals surface area contributed by atoms with E-state index in [0.717, 1.165) is 10.8 Å². The zero-order valence-corrected chi connectivity index (χ0v) is 12.9. The minimum absolute atomic E-state index is 0.156. The molecule has 0 radical (unpaired) electrons. The lowest BCUT2D eigenvalue weighted by atomic mass is 10.1. The zero-order chi connectivity index (χ0) is 12.5. The van der Waals surface area contributed by atoms with Crippen molar-refractivity contribution < 1.29 is 0 Å². The zero-order valence-electron chi connectivity index (χ0n) is 10.6. The van der Waals surface area contributed by atoms with E-state index < -0.39 is 0 Å². The highest BCUT2D eigenvalue weighted by Crippen LogP contribution is 2.34. The van der Waals surface area contributed by atoms with Crippen LogP contribution in [0, 0.1) is 0 Å². The quantitative estimate of drug-likeness (QED) is 0.346. The summed E-state index contributed by atoms with van der Waals surface area (Å²) < 4.78 is 0.838. The van der Waals surface area contributed by atoms with Crippen LogP contribution in [-0.2, 0) is 0 Å². The van der Waals surface area contributed by atoms with Gasteiger partial charge in [0.05, 0.1) is 9.71 Å². The van der Waals surface area contributed by atoms with Crippen LogP contribution in [0.3, 0.4) is 0 Å². The molecule has 0 aliphatic rings. The third kappa shape index (κ3) is 6.69. The minimum Gasteiger partial charge on any atom is -0.127 e. The molecule has 1 atom stereocenters. The summed E-state index contributed by atoms with van der Waals surface area (Å²) in [5.41, 5.74) is 0. The Morgan fingerprint density at radius 2 is 1.71 bits per heavy atom. The van der Waals surface area contributed by atoms with E-state index in [1.165, 1.54) is 49.8 Å². The van der Waals surface area contributed by atoms with E-state index in [2.05, 4.69) is 6.92 Å². The number of hydrogen-bond donors (Lipinski definition) is 0. The third-order valence-electron chi connectivity index (χ3n) is 2.96. The van der Waals surface area contributed by atoms with Gasteiger partial charge in [0, 0.05) is 4.88 Å². The van der Waals surface area contributed by atoms with Crippen LogP contribution in [0.2, 0.25) is 4.34 Å². The van der Waals surface area contributed by atoms with Gasteiger partial charge in [-0.2, -0.15) is 0 Å². The van der Waals surface area contributed by atoms with Crippen molar-refractivity contribution in [2.45, 2.75) is 63.7 Å². The first-order chi connectivity index (χ1) is 8.24. The molecule has 1 rings (SSSR count). The summed E-state index contributed by atoms with van der Waals surface area (Å²) in [6, 6.07) is 3.98. The maximum atomic E-state index is 6.33. The second kappa shape index (κ2) is 9.24. The molecule has 0 saturated carbocycles. The second-order valence-electron chi connectivity index (χ2n) is 4.52. The van der Waals surface area contributed by atoms with Crippen molar-refractivity contribution in [2.75, 3.05) is 0 Å². The molecule has 1 aromatic heterocycles. The van der Waals surface area contributed by atoms with E-state index >= 15 is 0 Å². The third-order valence-corrected chi connectivity index (χ3v) is 4.89. The van der Waals surface area contributed by atoms with E-state index in [0.29, 0.717) is 0 Å². The Balaban J connectivity index is 2.03. The van der Waals surface area contributed by atoms with Crippen LogP contribution in [-0.4, -0.2) is 0 Å². The number of hydrogen-bond acceptors (Lipinski definition) is 1. The first-order valence-electron chi connectivity index (χ1n) is 6.63. The first-order valence-corrected chi connectivity index (χ1v) is 8.26. The summed E-state index contributed by atoms with van der Waals surface area (Å²) in [5, 5.41) is 0.156. The van der Waals surface area contributed by atoms with Crippen molar-refractivity contribution >= 4 is 34.5 Å². The van der Waals surface area contributed by atoms with Gasteiger partial charge in [0.1, 0.15) is 0 Å². The summed E-state index contributed by atoms with van der Waals surface area (Å²) in [6.45, 7) is 2.25. The summed E-state index contributed by atoms with van der Waals surface area (Å²) in [6.07, 6.45) is 10.4. The molecule has 0 bridgehead atoms. The van der Waals surface area contributed by atoms with Gasteiger partial charge in [0.15, 0.2) is 0 Å². The SMILES string of the molecule is CCCCCCCCCC(Cl)c1ccc(Cl)s1. The van der Waals surface area contributed by atoms with Gasteiger partial charge >= 0.3 is 0 Å². The average molecular weight is 293 g/mol. The Labute approximate surface area is 119 Å². The molecule has 1 heterocycles. The van der Waals surface area contributed by atoms with Gasteiger partial charge in [-0.1, -0.05) is 63.5 Å². The smallest absolute Gasteiger partial charge is 0.0931 e. The Hall–Kier alpha value is 0.280. The Morgan fingerprint density at radius 3 is 2.29 bits per heavy atom. The maximum Gasteiger partial charge on any atom is 0.0931 e. The van der Waals surface area contributed by atoms with Crippen LogP contribution in [0.25, 0.3) is 0 Å². The van der Waals surface area contributed by atoms with Crippen LogP contribution >= 0.6 is 34.5 Å². The van der Waals surface area contributed by atoms with Gasteiger partial charge in [0.2, 0.25) is 0 Å². The van der Waals surface area contributed by atoms with Crippen LogP contribution in [0.5, 0.6) is 0 Å². The molecule has 0 nitrogen and oxygen atoms in total. The van der Waals surface area contributed by atoms with Crippen LogP contribution in [0.4, 0.5) is 0 Å². The normalized spacial score (nSPS) is 12.9. The van der Waals surface area contributed by atoms with Gasteiger partial charge in [-0.05, 0) is 18.6 Å². The number of rotatable bonds is 9. The molecule has 98 valence electrons. The van der Waals surface area contributed by atoms with Crippen molar-refractivity contribution in [2.24, 2.45) is 0 Å². The van der Waals surface area contributed by atoms with Gasteiger partial charge in [-0.15, -0.1) is 22.9 Å². The monoisotopic (exact) mass is 292 g/mol. The molecule has 0 spiro atoms. The van der Waals surface area contributed by atoms with Crippen molar-refractivity contribution in [3.05, 3.63) is 21.3 Å².